The molecule has 0 unspecified atom stereocenters. The van der Waals surface area contributed by atoms with Crippen LogP contribution in [-0.4, -0.2) is 58.3 Å². The van der Waals surface area contributed by atoms with Gasteiger partial charge in [0.25, 0.3) is 0 Å². The highest BCUT2D eigenvalue weighted by atomic mass is 16.5. The number of aryl methyl sites for hydroxylation is 2. The Hall–Kier alpha value is -3.16. The SMILES string of the molecule is CCc1cn([C@@H](CC)CN(C)C(=O)OC)c2nc(C)c(-c3ccc(C(C)C)nc3OC)nc12. The molecule has 8 nitrogen and oxygen atoms in total. The summed E-state index contributed by atoms with van der Waals surface area (Å²) in [6, 6.07) is 4.10. The minimum absolute atomic E-state index is 0.0537. The Bertz CT molecular complexity index is 1140. The quantitative estimate of drug-likeness (QED) is 0.469. The molecule has 3 aromatic rings. The number of carbonyl (C=O) groups is 1. The van der Waals surface area contributed by atoms with Crippen LogP contribution in [0.1, 0.15) is 63.0 Å². The fourth-order valence-electron chi connectivity index (χ4n) is 4.06. The van der Waals surface area contributed by atoms with Gasteiger partial charge in [0, 0.05) is 25.5 Å². The highest BCUT2D eigenvalue weighted by molar-refractivity contribution is 5.81. The van der Waals surface area contributed by atoms with E-state index in [1.165, 1.54) is 7.11 Å². The lowest BCUT2D eigenvalue weighted by atomic mass is 10.1. The zero-order valence-electron chi connectivity index (χ0n) is 21.0. The number of amides is 1. The lowest BCUT2D eigenvalue weighted by Crippen LogP contribution is -2.32. The normalized spacial score (nSPS) is 12.3. The summed E-state index contributed by atoms with van der Waals surface area (Å²) >= 11 is 0. The summed E-state index contributed by atoms with van der Waals surface area (Å²) in [7, 11) is 4.78. The summed E-state index contributed by atoms with van der Waals surface area (Å²) in [5.74, 6) is 0.860. The first kappa shape index (κ1) is 24.5. The molecule has 1 amide bonds. The first-order valence-corrected chi connectivity index (χ1v) is 11.5. The Balaban J connectivity index is 2.13. The summed E-state index contributed by atoms with van der Waals surface area (Å²) in [4.78, 5) is 28.3. The largest absolute Gasteiger partial charge is 0.480 e. The van der Waals surface area contributed by atoms with Crippen LogP contribution in [0, 0.1) is 6.92 Å². The summed E-state index contributed by atoms with van der Waals surface area (Å²) < 4.78 is 12.6. The van der Waals surface area contributed by atoms with Gasteiger partial charge in [-0.2, -0.15) is 0 Å². The van der Waals surface area contributed by atoms with Gasteiger partial charge in [0.15, 0.2) is 5.65 Å². The molecule has 0 spiro atoms. The molecule has 0 saturated heterocycles. The maximum absolute atomic E-state index is 12.0. The van der Waals surface area contributed by atoms with Gasteiger partial charge < -0.3 is 18.9 Å². The van der Waals surface area contributed by atoms with Gasteiger partial charge in [-0.1, -0.05) is 27.7 Å². The van der Waals surface area contributed by atoms with Crippen molar-refractivity contribution in [3.63, 3.8) is 0 Å². The number of likely N-dealkylation sites (N-methyl/N-ethyl adjacent to an activating group) is 1. The van der Waals surface area contributed by atoms with Gasteiger partial charge in [-0.15, -0.1) is 0 Å². The average Bonchev–Trinajstić information content (AvgIpc) is 3.17. The van der Waals surface area contributed by atoms with E-state index in [0.29, 0.717) is 18.3 Å². The average molecular weight is 454 g/mol. The van der Waals surface area contributed by atoms with Crippen LogP contribution < -0.4 is 4.74 Å². The molecule has 178 valence electrons. The molecular formula is C25H35N5O3. The Morgan fingerprint density at radius 1 is 1.15 bits per heavy atom. The van der Waals surface area contributed by atoms with Crippen molar-refractivity contribution in [2.45, 2.75) is 59.4 Å². The van der Waals surface area contributed by atoms with Crippen molar-refractivity contribution >= 4 is 17.3 Å². The summed E-state index contributed by atoms with van der Waals surface area (Å²) in [5.41, 5.74) is 6.19. The predicted molar refractivity (Wildman–Crippen MR) is 130 cm³/mol. The fourth-order valence-corrected chi connectivity index (χ4v) is 4.06. The maximum atomic E-state index is 12.0. The number of ether oxygens (including phenoxy) is 2. The van der Waals surface area contributed by atoms with Gasteiger partial charge in [-0.25, -0.2) is 19.7 Å². The van der Waals surface area contributed by atoms with Crippen molar-refractivity contribution in [3.05, 3.63) is 35.3 Å². The molecule has 0 aliphatic rings. The molecular weight excluding hydrogens is 418 g/mol. The molecule has 0 N–H and O–H groups in total. The number of hydrogen-bond donors (Lipinski definition) is 0. The lowest BCUT2D eigenvalue weighted by Gasteiger charge is -2.24. The van der Waals surface area contributed by atoms with Gasteiger partial charge in [0.05, 0.1) is 37.2 Å². The number of aromatic nitrogens is 4. The second-order valence-electron chi connectivity index (χ2n) is 8.61. The maximum Gasteiger partial charge on any atom is 0.409 e. The number of pyridine rings is 1. The molecule has 3 heterocycles. The van der Waals surface area contributed by atoms with Crippen molar-refractivity contribution in [1.82, 2.24) is 24.4 Å². The molecule has 0 fully saturated rings. The van der Waals surface area contributed by atoms with Crippen molar-refractivity contribution in [2.75, 3.05) is 27.8 Å². The first-order valence-electron chi connectivity index (χ1n) is 11.5. The van der Waals surface area contributed by atoms with Crippen LogP contribution in [0.25, 0.3) is 22.4 Å². The van der Waals surface area contributed by atoms with Gasteiger partial charge in [-0.05, 0) is 43.4 Å². The Kier molecular flexibility index (Phi) is 7.56. The number of rotatable bonds is 8. The molecule has 0 aromatic carbocycles. The number of nitrogens with zero attached hydrogens (tertiary/aromatic N) is 5. The third kappa shape index (κ3) is 4.79. The minimum atomic E-state index is -0.352. The number of fused-ring (bicyclic) bond motifs is 1. The van der Waals surface area contributed by atoms with E-state index in [1.807, 2.05) is 19.1 Å². The molecule has 3 aromatic heterocycles. The summed E-state index contributed by atoms with van der Waals surface area (Å²) in [6.07, 6.45) is 3.43. The second kappa shape index (κ2) is 10.2. The van der Waals surface area contributed by atoms with Crippen molar-refractivity contribution in [3.8, 4) is 17.1 Å². The summed E-state index contributed by atoms with van der Waals surface area (Å²) in [5, 5.41) is 0. The smallest absolute Gasteiger partial charge is 0.409 e. The monoisotopic (exact) mass is 453 g/mol. The van der Waals surface area contributed by atoms with Crippen LogP contribution in [0.2, 0.25) is 0 Å². The van der Waals surface area contributed by atoms with E-state index in [2.05, 4.69) is 38.5 Å². The standard InChI is InChI=1S/C25H35N5O3/c1-9-17-13-30(18(10-2)14-29(6)25(31)33-8)23-22(17)28-21(16(5)26-23)19-11-12-20(15(3)4)27-24(19)32-7/h11-13,15,18H,9-10,14H2,1-8H3/t18-/m0/s1. The molecule has 0 bridgehead atoms. The molecule has 0 radical (unpaired) electrons. The molecule has 3 rings (SSSR count). The van der Waals surface area contributed by atoms with Crippen LogP contribution in [-0.2, 0) is 11.2 Å². The van der Waals surface area contributed by atoms with Gasteiger partial charge >= 0.3 is 6.09 Å². The molecule has 1 atom stereocenters. The van der Waals surface area contributed by atoms with Gasteiger partial charge in [0.1, 0.15) is 5.52 Å². The van der Waals surface area contributed by atoms with Crippen LogP contribution in [0.4, 0.5) is 4.79 Å². The number of carbonyl (C=O) groups excluding carboxylic acids is 1. The fraction of sp³-hybridized carbons (Fsp3) is 0.520. The van der Waals surface area contributed by atoms with E-state index < -0.39 is 0 Å². The van der Waals surface area contributed by atoms with Crippen molar-refractivity contribution < 1.29 is 14.3 Å². The van der Waals surface area contributed by atoms with Crippen LogP contribution in [0.5, 0.6) is 5.88 Å². The number of methoxy groups -OCH3 is 2. The third-order valence-electron chi connectivity index (χ3n) is 6.03. The summed E-state index contributed by atoms with van der Waals surface area (Å²) in [6.45, 7) is 10.9. The molecule has 0 aliphatic heterocycles. The molecule has 0 saturated carbocycles. The zero-order chi connectivity index (χ0) is 24.3. The Morgan fingerprint density at radius 2 is 1.88 bits per heavy atom. The van der Waals surface area contributed by atoms with E-state index in [9.17, 15) is 4.79 Å². The van der Waals surface area contributed by atoms with Crippen molar-refractivity contribution in [2.24, 2.45) is 0 Å². The predicted octanol–water partition coefficient (Wildman–Crippen LogP) is 5.15. The van der Waals surface area contributed by atoms with Gasteiger partial charge in [-0.3, -0.25) is 0 Å². The Labute approximate surface area is 196 Å². The van der Waals surface area contributed by atoms with Gasteiger partial charge in [0.2, 0.25) is 5.88 Å². The highest BCUT2D eigenvalue weighted by Gasteiger charge is 2.23. The molecule has 33 heavy (non-hydrogen) atoms. The molecule has 8 heteroatoms. The zero-order valence-corrected chi connectivity index (χ0v) is 21.0. The minimum Gasteiger partial charge on any atom is -0.480 e. The highest BCUT2D eigenvalue weighted by Crippen LogP contribution is 2.33. The Morgan fingerprint density at radius 3 is 2.45 bits per heavy atom. The van der Waals surface area contributed by atoms with Crippen LogP contribution >= 0.6 is 0 Å². The topological polar surface area (TPSA) is 82.4 Å². The first-order chi connectivity index (χ1) is 15.7. The van der Waals surface area contributed by atoms with E-state index in [0.717, 1.165) is 52.2 Å². The van der Waals surface area contributed by atoms with E-state index in [1.54, 1.807) is 19.1 Å². The van der Waals surface area contributed by atoms with Crippen molar-refractivity contribution in [1.29, 1.82) is 0 Å². The van der Waals surface area contributed by atoms with E-state index in [-0.39, 0.29) is 12.1 Å². The van der Waals surface area contributed by atoms with E-state index in [4.69, 9.17) is 24.4 Å². The number of hydrogen-bond acceptors (Lipinski definition) is 6. The second-order valence-corrected chi connectivity index (χ2v) is 8.61. The van der Waals surface area contributed by atoms with E-state index >= 15 is 0 Å². The van der Waals surface area contributed by atoms with Crippen LogP contribution in [0.15, 0.2) is 18.3 Å². The lowest BCUT2D eigenvalue weighted by molar-refractivity contribution is 0.127. The molecule has 0 aliphatic carbocycles. The van der Waals surface area contributed by atoms with Crippen LogP contribution in [0.3, 0.4) is 0 Å². The third-order valence-corrected chi connectivity index (χ3v) is 6.03.